The SMILES string of the molecule is Cc1nc2cc(-c3ccn4c(-c5cccc(N)c5)cnc4c3)ccc2s1. The molecule has 0 unspecified atom stereocenters. The molecule has 2 N–H and O–H groups in total. The normalized spacial score (nSPS) is 11.4. The Labute approximate surface area is 154 Å². The molecule has 2 aromatic carbocycles. The fourth-order valence-electron chi connectivity index (χ4n) is 3.29. The van der Waals surface area contributed by atoms with Crippen LogP contribution in [0.2, 0.25) is 0 Å². The lowest BCUT2D eigenvalue weighted by molar-refractivity contribution is 1.19. The highest BCUT2D eigenvalue weighted by Gasteiger charge is 2.09. The highest BCUT2D eigenvalue weighted by molar-refractivity contribution is 7.18. The standard InChI is InChI=1S/C21H16N4S/c1-13-24-18-10-14(5-6-20(18)26-13)15-7-8-25-19(12-23-21(25)11-15)16-3-2-4-17(22)9-16/h2-12H,22H2,1H3. The average Bonchev–Trinajstić information content (AvgIpc) is 3.22. The van der Waals surface area contributed by atoms with E-state index in [1.807, 2.05) is 37.4 Å². The molecule has 0 atom stereocenters. The van der Waals surface area contributed by atoms with Gasteiger partial charge in [0, 0.05) is 17.4 Å². The zero-order chi connectivity index (χ0) is 17.7. The molecule has 0 spiro atoms. The molecular weight excluding hydrogens is 340 g/mol. The molecule has 4 nitrogen and oxygen atoms in total. The molecule has 0 aliphatic rings. The monoisotopic (exact) mass is 356 g/mol. The molecule has 5 rings (SSSR count). The quantitative estimate of drug-likeness (QED) is 0.444. The topological polar surface area (TPSA) is 56.2 Å². The van der Waals surface area contributed by atoms with E-state index < -0.39 is 0 Å². The number of nitrogens with zero attached hydrogens (tertiary/aromatic N) is 3. The summed E-state index contributed by atoms with van der Waals surface area (Å²) in [5.41, 5.74) is 13.0. The summed E-state index contributed by atoms with van der Waals surface area (Å²) >= 11 is 1.72. The summed E-state index contributed by atoms with van der Waals surface area (Å²) in [4.78, 5) is 9.19. The first-order valence-corrected chi connectivity index (χ1v) is 9.20. The second-order valence-electron chi connectivity index (χ2n) is 6.33. The lowest BCUT2D eigenvalue weighted by Gasteiger charge is -2.06. The van der Waals surface area contributed by atoms with E-state index in [0.717, 1.165) is 44.2 Å². The number of hydrogen-bond acceptors (Lipinski definition) is 4. The molecule has 0 saturated carbocycles. The largest absolute Gasteiger partial charge is 0.399 e. The molecule has 3 heterocycles. The van der Waals surface area contributed by atoms with Crippen molar-refractivity contribution in [2.45, 2.75) is 6.92 Å². The number of aryl methyl sites for hydroxylation is 1. The third-order valence-corrected chi connectivity index (χ3v) is 5.48. The smallest absolute Gasteiger partial charge is 0.137 e. The van der Waals surface area contributed by atoms with E-state index in [2.05, 4.69) is 50.9 Å². The van der Waals surface area contributed by atoms with Crippen molar-refractivity contribution in [3.63, 3.8) is 0 Å². The number of nitrogens with two attached hydrogens (primary N) is 1. The Balaban J connectivity index is 1.61. The van der Waals surface area contributed by atoms with E-state index in [9.17, 15) is 0 Å². The van der Waals surface area contributed by atoms with Crippen LogP contribution in [-0.2, 0) is 0 Å². The van der Waals surface area contributed by atoms with E-state index in [1.165, 1.54) is 4.70 Å². The van der Waals surface area contributed by atoms with Crippen LogP contribution in [0.4, 0.5) is 5.69 Å². The molecule has 5 heteroatoms. The Kier molecular flexibility index (Phi) is 3.30. The van der Waals surface area contributed by atoms with Crippen LogP contribution in [0, 0.1) is 6.92 Å². The van der Waals surface area contributed by atoms with E-state index >= 15 is 0 Å². The minimum Gasteiger partial charge on any atom is -0.399 e. The van der Waals surface area contributed by atoms with Crippen LogP contribution >= 0.6 is 11.3 Å². The van der Waals surface area contributed by atoms with E-state index in [-0.39, 0.29) is 0 Å². The fourth-order valence-corrected chi connectivity index (χ4v) is 4.10. The Morgan fingerprint density at radius 3 is 2.73 bits per heavy atom. The van der Waals surface area contributed by atoms with Gasteiger partial charge in [0.25, 0.3) is 0 Å². The van der Waals surface area contributed by atoms with Gasteiger partial charge in [-0.05, 0) is 54.4 Å². The van der Waals surface area contributed by atoms with Crippen LogP contribution in [0.1, 0.15) is 5.01 Å². The first-order valence-electron chi connectivity index (χ1n) is 8.38. The summed E-state index contributed by atoms with van der Waals surface area (Å²) in [6.07, 6.45) is 3.95. The summed E-state index contributed by atoms with van der Waals surface area (Å²) in [6.45, 7) is 2.04. The van der Waals surface area contributed by atoms with Crippen molar-refractivity contribution in [1.29, 1.82) is 0 Å². The van der Waals surface area contributed by atoms with Gasteiger partial charge < -0.3 is 5.73 Å². The van der Waals surface area contributed by atoms with Crippen molar-refractivity contribution >= 4 is 32.9 Å². The fraction of sp³-hybridized carbons (Fsp3) is 0.0476. The maximum atomic E-state index is 5.92. The van der Waals surface area contributed by atoms with E-state index in [1.54, 1.807) is 11.3 Å². The van der Waals surface area contributed by atoms with Crippen LogP contribution < -0.4 is 5.73 Å². The molecule has 0 bridgehead atoms. The van der Waals surface area contributed by atoms with Crippen LogP contribution in [0.25, 0.3) is 38.2 Å². The van der Waals surface area contributed by atoms with Gasteiger partial charge in [-0.15, -0.1) is 11.3 Å². The number of hydrogen-bond donors (Lipinski definition) is 1. The zero-order valence-electron chi connectivity index (χ0n) is 14.2. The summed E-state index contributed by atoms with van der Waals surface area (Å²) in [5, 5.41) is 1.09. The number of rotatable bonds is 2. The van der Waals surface area contributed by atoms with Crippen LogP contribution in [0.5, 0.6) is 0 Å². The van der Waals surface area contributed by atoms with E-state index in [0.29, 0.717) is 0 Å². The summed E-state index contributed by atoms with van der Waals surface area (Å²) in [7, 11) is 0. The van der Waals surface area contributed by atoms with Crippen molar-refractivity contribution < 1.29 is 0 Å². The lowest BCUT2D eigenvalue weighted by atomic mass is 10.1. The van der Waals surface area contributed by atoms with E-state index in [4.69, 9.17) is 5.73 Å². The third-order valence-electron chi connectivity index (χ3n) is 4.52. The second kappa shape index (κ2) is 5.68. The van der Waals surface area contributed by atoms with Gasteiger partial charge in [0.05, 0.1) is 27.1 Å². The van der Waals surface area contributed by atoms with Gasteiger partial charge in [-0.2, -0.15) is 0 Å². The summed E-state index contributed by atoms with van der Waals surface area (Å²) in [5.74, 6) is 0. The number of anilines is 1. The van der Waals surface area contributed by atoms with Crippen molar-refractivity contribution in [2.75, 3.05) is 5.73 Å². The Morgan fingerprint density at radius 2 is 1.85 bits per heavy atom. The van der Waals surface area contributed by atoms with Gasteiger partial charge >= 0.3 is 0 Å². The number of pyridine rings is 1. The van der Waals surface area contributed by atoms with Crippen molar-refractivity contribution in [3.05, 3.63) is 72.0 Å². The third kappa shape index (κ3) is 2.45. The first kappa shape index (κ1) is 15.1. The second-order valence-corrected chi connectivity index (χ2v) is 7.56. The molecule has 0 saturated heterocycles. The van der Waals surface area contributed by atoms with Gasteiger partial charge in [-0.3, -0.25) is 4.40 Å². The number of benzene rings is 2. The maximum Gasteiger partial charge on any atom is 0.137 e. The number of imidazole rings is 1. The van der Waals surface area contributed by atoms with Gasteiger partial charge in [0.15, 0.2) is 0 Å². The van der Waals surface area contributed by atoms with Gasteiger partial charge in [0.2, 0.25) is 0 Å². The molecule has 0 radical (unpaired) electrons. The van der Waals surface area contributed by atoms with Crippen molar-refractivity contribution in [3.8, 4) is 22.4 Å². The Morgan fingerprint density at radius 1 is 0.962 bits per heavy atom. The van der Waals surface area contributed by atoms with Crippen LogP contribution in [-0.4, -0.2) is 14.4 Å². The average molecular weight is 356 g/mol. The minimum atomic E-state index is 0.751. The van der Waals surface area contributed by atoms with Crippen LogP contribution in [0.3, 0.4) is 0 Å². The number of nitrogen functional groups attached to an aromatic ring is 1. The molecule has 26 heavy (non-hydrogen) atoms. The lowest BCUT2D eigenvalue weighted by Crippen LogP contribution is -1.90. The highest BCUT2D eigenvalue weighted by atomic mass is 32.1. The van der Waals surface area contributed by atoms with Crippen molar-refractivity contribution in [2.24, 2.45) is 0 Å². The maximum absolute atomic E-state index is 5.92. The summed E-state index contributed by atoms with van der Waals surface area (Å²) < 4.78 is 3.31. The number of thiazole rings is 1. The first-order chi connectivity index (χ1) is 12.7. The zero-order valence-corrected chi connectivity index (χ0v) is 15.0. The molecule has 0 aliphatic heterocycles. The van der Waals surface area contributed by atoms with Crippen LogP contribution in [0.15, 0.2) is 67.0 Å². The molecule has 5 aromatic rings. The molecule has 0 aliphatic carbocycles. The number of fused-ring (bicyclic) bond motifs is 2. The molecule has 0 amide bonds. The Hall–Kier alpha value is -3.18. The highest BCUT2D eigenvalue weighted by Crippen LogP contribution is 2.29. The predicted molar refractivity (Wildman–Crippen MR) is 108 cm³/mol. The van der Waals surface area contributed by atoms with Crippen molar-refractivity contribution in [1.82, 2.24) is 14.4 Å². The van der Waals surface area contributed by atoms with Gasteiger partial charge in [-0.25, -0.2) is 9.97 Å². The molecule has 126 valence electrons. The van der Waals surface area contributed by atoms with Gasteiger partial charge in [-0.1, -0.05) is 18.2 Å². The molecular formula is C21H16N4S. The summed E-state index contributed by atoms with van der Waals surface area (Å²) in [6, 6.07) is 18.5. The van der Waals surface area contributed by atoms with Gasteiger partial charge in [0.1, 0.15) is 5.65 Å². The number of aromatic nitrogens is 3. The Bertz CT molecular complexity index is 1270. The predicted octanol–water partition coefficient (Wildman–Crippen LogP) is 5.17. The minimum absolute atomic E-state index is 0.751. The molecule has 0 fully saturated rings. The molecule has 3 aromatic heterocycles.